The summed E-state index contributed by atoms with van der Waals surface area (Å²) in [5.74, 6) is -0.636. The monoisotopic (exact) mass is 285 g/mol. The van der Waals surface area contributed by atoms with Gasteiger partial charge in [0.15, 0.2) is 0 Å². The van der Waals surface area contributed by atoms with Crippen LogP contribution >= 0.6 is 0 Å². The predicted octanol–water partition coefficient (Wildman–Crippen LogP) is -0.0120. The third kappa shape index (κ3) is 6.45. The van der Waals surface area contributed by atoms with Gasteiger partial charge in [0.2, 0.25) is 0 Å². The molecule has 6 nitrogen and oxygen atoms in total. The number of aliphatic carboxylic acids is 1. The van der Waals surface area contributed by atoms with Crippen LogP contribution in [0.3, 0.4) is 0 Å². The molecule has 0 bridgehead atoms. The van der Waals surface area contributed by atoms with Crippen molar-refractivity contribution in [2.24, 2.45) is 0 Å². The smallest absolute Gasteiger partial charge is 0.317 e. The zero-order valence-electron chi connectivity index (χ0n) is 12.8. The quantitative estimate of drug-likeness (QED) is 0.766. The zero-order valence-corrected chi connectivity index (χ0v) is 12.8. The van der Waals surface area contributed by atoms with E-state index in [-0.39, 0.29) is 12.3 Å². The molecule has 1 N–H and O–H groups in total. The number of hydrogen-bond donors (Lipinski definition) is 1. The molecule has 1 saturated heterocycles. The fourth-order valence-corrected chi connectivity index (χ4v) is 2.50. The van der Waals surface area contributed by atoms with Crippen LogP contribution in [-0.4, -0.2) is 90.0 Å². The Hall–Kier alpha value is -0.980. The van der Waals surface area contributed by atoms with Gasteiger partial charge in [-0.1, -0.05) is 0 Å². The van der Waals surface area contributed by atoms with E-state index in [1.165, 1.54) is 0 Å². The van der Waals surface area contributed by atoms with Gasteiger partial charge >= 0.3 is 5.97 Å². The second-order valence-corrected chi connectivity index (χ2v) is 5.78. The second kappa shape index (κ2) is 8.34. The minimum atomic E-state index is -0.793. The highest BCUT2D eigenvalue weighted by Gasteiger charge is 2.19. The first kappa shape index (κ1) is 17.1. The van der Waals surface area contributed by atoms with E-state index in [0.29, 0.717) is 19.1 Å². The Kier molecular flexibility index (Phi) is 7.12. The summed E-state index contributed by atoms with van der Waals surface area (Å²) in [6.07, 6.45) is 0. The third-order valence-electron chi connectivity index (χ3n) is 3.67. The first-order valence-electron chi connectivity index (χ1n) is 7.28. The van der Waals surface area contributed by atoms with Crippen molar-refractivity contribution in [2.45, 2.75) is 26.8 Å². The molecular weight excluding hydrogens is 258 g/mol. The number of rotatable bonds is 5. The van der Waals surface area contributed by atoms with Crippen molar-refractivity contribution in [1.82, 2.24) is 14.7 Å². The molecule has 1 heterocycles. The predicted molar refractivity (Wildman–Crippen MR) is 77.9 cm³/mol. The lowest BCUT2D eigenvalue weighted by Gasteiger charge is -2.28. The van der Waals surface area contributed by atoms with E-state index >= 15 is 0 Å². The van der Waals surface area contributed by atoms with Crippen molar-refractivity contribution in [3.05, 3.63) is 0 Å². The molecule has 0 amide bonds. The minimum Gasteiger partial charge on any atom is -0.480 e. The molecule has 20 heavy (non-hydrogen) atoms. The van der Waals surface area contributed by atoms with Gasteiger partial charge in [-0.2, -0.15) is 0 Å². The molecule has 0 aliphatic carbocycles. The van der Waals surface area contributed by atoms with Crippen LogP contribution in [0.4, 0.5) is 0 Å². The Bertz CT molecular complexity index is 306. The summed E-state index contributed by atoms with van der Waals surface area (Å²) in [5.41, 5.74) is 0. The standard InChI is InChI=1S/C14H27N3O3/c1-12(2)17-8-6-15(10-13(3)18)4-5-16(7-9-17)11-14(19)20/h12H,4-11H2,1-3H3,(H,19,20). The first-order valence-corrected chi connectivity index (χ1v) is 7.28. The molecule has 1 fully saturated rings. The van der Waals surface area contributed by atoms with Crippen LogP contribution in [0.2, 0.25) is 0 Å². The maximum atomic E-state index is 11.3. The van der Waals surface area contributed by atoms with Crippen LogP contribution in [0.5, 0.6) is 0 Å². The fraction of sp³-hybridized carbons (Fsp3) is 0.857. The van der Waals surface area contributed by atoms with E-state index in [4.69, 9.17) is 5.11 Å². The van der Waals surface area contributed by atoms with Gasteiger partial charge in [-0.15, -0.1) is 0 Å². The van der Waals surface area contributed by atoms with Crippen LogP contribution < -0.4 is 0 Å². The normalized spacial score (nSPS) is 20.4. The molecule has 116 valence electrons. The van der Waals surface area contributed by atoms with Crippen molar-refractivity contribution in [1.29, 1.82) is 0 Å². The molecule has 0 aromatic rings. The molecule has 0 unspecified atom stereocenters. The summed E-state index contributed by atoms with van der Waals surface area (Å²) >= 11 is 0. The van der Waals surface area contributed by atoms with Crippen LogP contribution in [0.1, 0.15) is 20.8 Å². The van der Waals surface area contributed by atoms with Gasteiger partial charge in [0, 0.05) is 45.3 Å². The molecule has 0 aromatic heterocycles. The SMILES string of the molecule is CC(=O)CN1CCN(CC(=O)O)CCN(C(C)C)CC1. The van der Waals surface area contributed by atoms with E-state index < -0.39 is 5.97 Å². The van der Waals surface area contributed by atoms with E-state index in [1.54, 1.807) is 6.92 Å². The van der Waals surface area contributed by atoms with Crippen molar-refractivity contribution in [3.8, 4) is 0 Å². The summed E-state index contributed by atoms with van der Waals surface area (Å²) in [6.45, 7) is 11.3. The average molecular weight is 285 g/mol. The number of Topliss-reactive ketones (excluding diaryl/α,β-unsaturated/α-hetero) is 1. The summed E-state index contributed by atoms with van der Waals surface area (Å²) in [7, 11) is 0. The molecule has 1 rings (SSSR count). The highest BCUT2D eigenvalue weighted by Crippen LogP contribution is 2.04. The third-order valence-corrected chi connectivity index (χ3v) is 3.67. The molecule has 1 aliphatic heterocycles. The van der Waals surface area contributed by atoms with Gasteiger partial charge < -0.3 is 5.11 Å². The zero-order chi connectivity index (χ0) is 15.1. The van der Waals surface area contributed by atoms with Crippen LogP contribution in [0, 0.1) is 0 Å². The fourth-order valence-electron chi connectivity index (χ4n) is 2.50. The number of carboxylic acids is 1. The van der Waals surface area contributed by atoms with E-state index in [1.807, 2.05) is 4.90 Å². The van der Waals surface area contributed by atoms with Crippen LogP contribution in [-0.2, 0) is 9.59 Å². The van der Waals surface area contributed by atoms with Crippen molar-refractivity contribution < 1.29 is 14.7 Å². The van der Waals surface area contributed by atoms with Crippen molar-refractivity contribution in [3.63, 3.8) is 0 Å². The molecule has 0 radical (unpaired) electrons. The van der Waals surface area contributed by atoms with E-state index in [9.17, 15) is 9.59 Å². The number of carboxylic acid groups (broad SMARTS) is 1. The summed E-state index contributed by atoms with van der Waals surface area (Å²) in [5, 5.41) is 8.96. The van der Waals surface area contributed by atoms with Crippen LogP contribution in [0.15, 0.2) is 0 Å². The minimum absolute atomic E-state index is 0.0693. The molecule has 0 spiro atoms. The Balaban J connectivity index is 2.67. The molecule has 1 aliphatic rings. The van der Waals surface area contributed by atoms with Gasteiger partial charge in [0.25, 0.3) is 0 Å². The summed E-state index contributed by atoms with van der Waals surface area (Å²) in [6, 6.07) is 0.430. The highest BCUT2D eigenvalue weighted by molar-refractivity contribution is 5.77. The maximum absolute atomic E-state index is 11.3. The van der Waals surface area contributed by atoms with Crippen molar-refractivity contribution >= 4 is 11.8 Å². The van der Waals surface area contributed by atoms with E-state index in [0.717, 1.165) is 32.7 Å². The van der Waals surface area contributed by atoms with Gasteiger partial charge in [-0.25, -0.2) is 0 Å². The molecule has 0 saturated carbocycles. The van der Waals surface area contributed by atoms with Gasteiger partial charge in [0.05, 0.1) is 13.1 Å². The Morgan fingerprint density at radius 3 is 1.80 bits per heavy atom. The Labute approximate surface area is 121 Å². The first-order chi connectivity index (χ1) is 9.38. The van der Waals surface area contributed by atoms with Crippen molar-refractivity contribution in [2.75, 3.05) is 52.4 Å². The Morgan fingerprint density at radius 1 is 0.950 bits per heavy atom. The topological polar surface area (TPSA) is 64.1 Å². The lowest BCUT2D eigenvalue weighted by atomic mass is 10.3. The number of nitrogens with zero attached hydrogens (tertiary/aromatic N) is 3. The number of carbonyl (C=O) groups excluding carboxylic acids is 1. The molecule has 0 atom stereocenters. The maximum Gasteiger partial charge on any atom is 0.317 e. The van der Waals surface area contributed by atoms with E-state index in [2.05, 4.69) is 23.6 Å². The number of hydrogen-bond acceptors (Lipinski definition) is 5. The number of ketones is 1. The average Bonchev–Trinajstić information content (AvgIpc) is 2.40. The lowest BCUT2D eigenvalue weighted by molar-refractivity contribution is -0.138. The van der Waals surface area contributed by atoms with Gasteiger partial charge in [-0.3, -0.25) is 24.3 Å². The largest absolute Gasteiger partial charge is 0.480 e. The van der Waals surface area contributed by atoms with Gasteiger partial charge in [-0.05, 0) is 20.8 Å². The lowest BCUT2D eigenvalue weighted by Crippen LogP contribution is -2.41. The highest BCUT2D eigenvalue weighted by atomic mass is 16.4. The second-order valence-electron chi connectivity index (χ2n) is 5.78. The number of carbonyl (C=O) groups is 2. The molecule has 6 heteroatoms. The molecular formula is C14H27N3O3. The summed E-state index contributed by atoms with van der Waals surface area (Å²) < 4.78 is 0. The van der Waals surface area contributed by atoms with Crippen LogP contribution in [0.25, 0.3) is 0 Å². The Morgan fingerprint density at radius 2 is 1.40 bits per heavy atom. The van der Waals surface area contributed by atoms with Gasteiger partial charge in [0.1, 0.15) is 5.78 Å². The molecule has 0 aromatic carbocycles. The summed E-state index contributed by atoms with van der Waals surface area (Å²) in [4.78, 5) is 28.6.